The Bertz CT molecular complexity index is 501. The summed E-state index contributed by atoms with van der Waals surface area (Å²) in [6.07, 6.45) is 0. The summed E-state index contributed by atoms with van der Waals surface area (Å²) in [5, 5.41) is 8.97. The second-order valence-corrected chi connectivity index (χ2v) is 4.20. The second kappa shape index (κ2) is 4.66. The number of carbonyl (C=O) groups is 2. The van der Waals surface area contributed by atoms with Crippen LogP contribution in [-0.2, 0) is 4.79 Å². The lowest BCUT2D eigenvalue weighted by Crippen LogP contribution is -2.46. The van der Waals surface area contributed by atoms with E-state index < -0.39 is 5.97 Å². The number of carbonyl (C=O) groups excluding carboxylic acids is 1. The first-order valence-electron chi connectivity index (χ1n) is 5.63. The van der Waals surface area contributed by atoms with Gasteiger partial charge in [-0.15, -0.1) is 0 Å². The van der Waals surface area contributed by atoms with Crippen molar-refractivity contribution in [3.8, 4) is 0 Å². The number of likely N-dealkylation sites (N-methyl/N-ethyl adjacent to an activating group) is 1. The number of anilines is 2. The molecule has 1 amide bonds. The summed E-state index contributed by atoms with van der Waals surface area (Å²) < 4.78 is 0. The van der Waals surface area contributed by atoms with Crippen LogP contribution in [0.1, 0.15) is 10.4 Å². The van der Waals surface area contributed by atoms with Crippen LogP contribution < -0.4 is 15.5 Å². The highest BCUT2D eigenvalue weighted by Gasteiger charge is 2.27. The van der Waals surface area contributed by atoms with Gasteiger partial charge in [-0.3, -0.25) is 4.79 Å². The predicted molar refractivity (Wildman–Crippen MR) is 68.1 cm³/mol. The summed E-state index contributed by atoms with van der Waals surface area (Å²) >= 11 is 0. The molecule has 0 radical (unpaired) electrons. The Morgan fingerprint density at radius 1 is 1.44 bits per heavy atom. The van der Waals surface area contributed by atoms with Gasteiger partial charge in [0.25, 0.3) is 0 Å². The van der Waals surface area contributed by atoms with Gasteiger partial charge in [0.05, 0.1) is 23.5 Å². The second-order valence-electron chi connectivity index (χ2n) is 4.20. The number of benzene rings is 1. The molecule has 1 aliphatic rings. The molecule has 0 atom stereocenters. The van der Waals surface area contributed by atoms with E-state index in [1.807, 2.05) is 0 Å². The molecule has 1 aromatic carbocycles. The molecule has 0 spiro atoms. The number of nitrogens with two attached hydrogens (primary N) is 1. The van der Waals surface area contributed by atoms with Crippen molar-refractivity contribution in [2.45, 2.75) is 0 Å². The molecule has 1 heterocycles. The number of carboxylic acid groups (broad SMARTS) is 1. The van der Waals surface area contributed by atoms with E-state index in [4.69, 9.17) is 10.8 Å². The molecule has 6 heteroatoms. The molecular formula is C12H15N3O3. The van der Waals surface area contributed by atoms with Crippen molar-refractivity contribution in [3.63, 3.8) is 0 Å². The number of fused-ring (bicyclic) bond motifs is 1. The van der Waals surface area contributed by atoms with Gasteiger partial charge in [-0.05, 0) is 18.2 Å². The molecule has 18 heavy (non-hydrogen) atoms. The molecule has 0 unspecified atom stereocenters. The van der Waals surface area contributed by atoms with Gasteiger partial charge < -0.3 is 20.6 Å². The summed E-state index contributed by atoms with van der Waals surface area (Å²) in [6, 6.07) is 4.73. The molecule has 0 bridgehead atoms. The fourth-order valence-electron chi connectivity index (χ4n) is 2.07. The number of rotatable bonds is 3. The fourth-order valence-corrected chi connectivity index (χ4v) is 2.07. The molecule has 0 saturated carbocycles. The Morgan fingerprint density at radius 2 is 2.17 bits per heavy atom. The van der Waals surface area contributed by atoms with Crippen LogP contribution in [0.3, 0.4) is 0 Å². The van der Waals surface area contributed by atoms with Crippen LogP contribution in [0.5, 0.6) is 0 Å². The van der Waals surface area contributed by atoms with Crippen molar-refractivity contribution in [2.24, 2.45) is 5.73 Å². The van der Waals surface area contributed by atoms with Crippen LogP contribution in [0.2, 0.25) is 0 Å². The summed E-state index contributed by atoms with van der Waals surface area (Å²) in [5.74, 6) is -1.01. The third-order valence-electron chi connectivity index (χ3n) is 2.95. The van der Waals surface area contributed by atoms with Crippen LogP contribution in [0.15, 0.2) is 18.2 Å². The zero-order valence-electron chi connectivity index (χ0n) is 10.1. The minimum Gasteiger partial charge on any atom is -0.478 e. The maximum absolute atomic E-state index is 11.9. The van der Waals surface area contributed by atoms with E-state index in [1.54, 1.807) is 29.0 Å². The van der Waals surface area contributed by atoms with E-state index in [0.29, 0.717) is 18.8 Å². The largest absolute Gasteiger partial charge is 0.478 e. The molecule has 0 aliphatic carbocycles. The number of amides is 1. The Kier molecular flexibility index (Phi) is 3.20. The van der Waals surface area contributed by atoms with Crippen molar-refractivity contribution >= 4 is 23.3 Å². The van der Waals surface area contributed by atoms with Gasteiger partial charge in [0.1, 0.15) is 0 Å². The van der Waals surface area contributed by atoms with E-state index >= 15 is 0 Å². The van der Waals surface area contributed by atoms with Gasteiger partial charge in [0.2, 0.25) is 5.91 Å². The van der Waals surface area contributed by atoms with Gasteiger partial charge in [-0.25, -0.2) is 4.79 Å². The van der Waals surface area contributed by atoms with Crippen molar-refractivity contribution in [3.05, 3.63) is 23.8 Å². The normalized spacial score (nSPS) is 14.7. The number of carboxylic acids is 1. The average molecular weight is 249 g/mol. The highest BCUT2D eigenvalue weighted by Crippen LogP contribution is 2.33. The van der Waals surface area contributed by atoms with Crippen molar-refractivity contribution in [1.29, 1.82) is 0 Å². The molecule has 2 rings (SSSR count). The molecule has 0 aromatic heterocycles. The third-order valence-corrected chi connectivity index (χ3v) is 2.95. The molecule has 6 nitrogen and oxygen atoms in total. The molecule has 0 fully saturated rings. The summed E-state index contributed by atoms with van der Waals surface area (Å²) in [7, 11) is 1.77. The van der Waals surface area contributed by atoms with E-state index in [0.717, 1.165) is 5.69 Å². The number of aromatic carboxylic acids is 1. The summed E-state index contributed by atoms with van der Waals surface area (Å²) in [5.41, 5.74) is 7.15. The van der Waals surface area contributed by atoms with E-state index in [-0.39, 0.29) is 18.0 Å². The Hall–Kier alpha value is -2.08. The quantitative estimate of drug-likeness (QED) is 0.795. The van der Waals surface area contributed by atoms with Gasteiger partial charge in [0.15, 0.2) is 0 Å². The molecular weight excluding hydrogens is 234 g/mol. The maximum atomic E-state index is 11.9. The number of hydrogen-bond donors (Lipinski definition) is 2. The van der Waals surface area contributed by atoms with Gasteiger partial charge >= 0.3 is 5.97 Å². The van der Waals surface area contributed by atoms with Crippen LogP contribution in [-0.4, -0.2) is 43.7 Å². The highest BCUT2D eigenvalue weighted by molar-refractivity contribution is 6.04. The Labute approximate surface area is 105 Å². The van der Waals surface area contributed by atoms with Crippen LogP contribution in [0, 0.1) is 0 Å². The number of nitrogens with zero attached hydrogens (tertiary/aromatic N) is 2. The standard InChI is InChI=1S/C12H15N3O3/c1-14-7-11(16)15(5-4-13)9-3-2-8(12(17)18)6-10(9)14/h2-3,6H,4-5,7,13H2,1H3,(H,17,18). The zero-order valence-corrected chi connectivity index (χ0v) is 10.1. The molecule has 96 valence electrons. The minimum absolute atomic E-state index is 0.0291. The predicted octanol–water partition coefficient (Wildman–Crippen LogP) is 0.126. The first-order chi connectivity index (χ1) is 8.54. The van der Waals surface area contributed by atoms with E-state index in [1.165, 1.54) is 6.07 Å². The lowest BCUT2D eigenvalue weighted by atomic mass is 10.1. The van der Waals surface area contributed by atoms with Crippen molar-refractivity contribution in [1.82, 2.24) is 0 Å². The van der Waals surface area contributed by atoms with Crippen LogP contribution in [0.4, 0.5) is 11.4 Å². The van der Waals surface area contributed by atoms with Gasteiger partial charge in [0, 0.05) is 20.1 Å². The van der Waals surface area contributed by atoms with Crippen LogP contribution >= 0.6 is 0 Å². The minimum atomic E-state index is -0.978. The summed E-state index contributed by atoms with van der Waals surface area (Å²) in [4.78, 5) is 26.2. The smallest absolute Gasteiger partial charge is 0.335 e. The van der Waals surface area contributed by atoms with Gasteiger partial charge in [-0.2, -0.15) is 0 Å². The highest BCUT2D eigenvalue weighted by atomic mass is 16.4. The summed E-state index contributed by atoms with van der Waals surface area (Å²) in [6.45, 7) is 1.04. The zero-order chi connectivity index (χ0) is 13.3. The molecule has 0 saturated heterocycles. The molecule has 3 N–H and O–H groups in total. The van der Waals surface area contributed by atoms with E-state index in [2.05, 4.69) is 0 Å². The van der Waals surface area contributed by atoms with Gasteiger partial charge in [-0.1, -0.05) is 0 Å². The topological polar surface area (TPSA) is 86.9 Å². The van der Waals surface area contributed by atoms with Crippen LogP contribution in [0.25, 0.3) is 0 Å². The Morgan fingerprint density at radius 3 is 2.78 bits per heavy atom. The molecule has 1 aromatic rings. The lowest BCUT2D eigenvalue weighted by molar-refractivity contribution is -0.117. The first kappa shape index (κ1) is 12.4. The van der Waals surface area contributed by atoms with Crippen molar-refractivity contribution in [2.75, 3.05) is 36.5 Å². The monoisotopic (exact) mass is 249 g/mol. The Balaban J connectivity index is 2.48. The third kappa shape index (κ3) is 2.02. The SMILES string of the molecule is CN1CC(=O)N(CCN)c2ccc(C(=O)O)cc21. The number of hydrogen-bond acceptors (Lipinski definition) is 4. The fraction of sp³-hybridized carbons (Fsp3) is 0.333. The van der Waals surface area contributed by atoms with Crippen molar-refractivity contribution < 1.29 is 14.7 Å². The van der Waals surface area contributed by atoms with E-state index in [9.17, 15) is 9.59 Å². The lowest BCUT2D eigenvalue weighted by Gasteiger charge is -2.35. The average Bonchev–Trinajstić information content (AvgIpc) is 2.33. The molecule has 1 aliphatic heterocycles. The maximum Gasteiger partial charge on any atom is 0.335 e. The first-order valence-corrected chi connectivity index (χ1v) is 5.63.